The molecule has 0 fully saturated rings. The molecule has 3 aromatic carbocycles. The zero-order valence-electron chi connectivity index (χ0n) is 15.2. The van der Waals surface area contributed by atoms with E-state index in [1.165, 1.54) is 24.3 Å². The lowest BCUT2D eigenvalue weighted by atomic mass is 10.2. The Bertz CT molecular complexity index is 1340. The SMILES string of the molecule is O=C(Nc1cccc(S(=O)(=O)C(F)F)c1)c1ccc2nc(-c3ccccc3)oc2c1. The second-order valence-electron chi connectivity index (χ2n) is 6.36. The first kappa shape index (κ1) is 19.7. The van der Waals surface area contributed by atoms with Crippen molar-refractivity contribution in [3.05, 3.63) is 78.4 Å². The highest BCUT2D eigenvalue weighted by Crippen LogP contribution is 2.26. The first-order valence-electron chi connectivity index (χ1n) is 8.74. The fourth-order valence-corrected chi connectivity index (χ4v) is 3.59. The van der Waals surface area contributed by atoms with Gasteiger partial charge in [-0.1, -0.05) is 24.3 Å². The van der Waals surface area contributed by atoms with Crippen LogP contribution in [0.1, 0.15) is 10.4 Å². The number of fused-ring (bicyclic) bond motifs is 1. The number of aromatic nitrogens is 1. The minimum atomic E-state index is -4.76. The van der Waals surface area contributed by atoms with E-state index in [2.05, 4.69) is 10.3 Å². The number of amides is 1. The Morgan fingerprint density at radius 1 is 0.967 bits per heavy atom. The van der Waals surface area contributed by atoms with Crippen LogP contribution in [-0.4, -0.2) is 25.1 Å². The van der Waals surface area contributed by atoms with E-state index in [1.807, 2.05) is 30.3 Å². The molecule has 1 amide bonds. The van der Waals surface area contributed by atoms with Crippen molar-refractivity contribution in [1.82, 2.24) is 4.98 Å². The number of halogens is 2. The number of rotatable bonds is 5. The van der Waals surface area contributed by atoms with Crippen molar-refractivity contribution in [3.8, 4) is 11.5 Å². The number of hydrogen-bond donors (Lipinski definition) is 1. The molecule has 1 N–H and O–H groups in total. The standard InChI is InChI=1S/C21H14F2N2O4S/c22-21(23)30(27,28)16-8-4-7-15(12-16)24-19(26)14-9-10-17-18(11-14)29-20(25-17)13-5-2-1-3-6-13/h1-12,21H,(H,24,26). The number of anilines is 1. The summed E-state index contributed by atoms with van der Waals surface area (Å²) in [4.78, 5) is 16.4. The summed E-state index contributed by atoms with van der Waals surface area (Å²) in [5.74, 6) is -3.69. The number of carbonyl (C=O) groups is 1. The maximum Gasteiger partial charge on any atom is 0.341 e. The van der Waals surface area contributed by atoms with Crippen LogP contribution >= 0.6 is 0 Å². The summed E-state index contributed by atoms with van der Waals surface area (Å²) in [5, 5.41) is 2.50. The lowest BCUT2D eigenvalue weighted by Gasteiger charge is -2.08. The van der Waals surface area contributed by atoms with Gasteiger partial charge in [-0.3, -0.25) is 4.79 Å². The Hall–Kier alpha value is -3.59. The Balaban J connectivity index is 1.60. The number of alkyl halides is 2. The normalized spacial score (nSPS) is 11.7. The number of benzene rings is 3. The molecular weight excluding hydrogens is 414 g/mol. The molecule has 4 rings (SSSR count). The highest BCUT2D eigenvalue weighted by molar-refractivity contribution is 7.91. The zero-order chi connectivity index (χ0) is 21.3. The summed E-state index contributed by atoms with van der Waals surface area (Å²) in [6, 6.07) is 18.6. The lowest BCUT2D eigenvalue weighted by Crippen LogP contribution is -2.14. The van der Waals surface area contributed by atoms with Crippen molar-refractivity contribution in [3.63, 3.8) is 0 Å². The topological polar surface area (TPSA) is 89.3 Å². The molecule has 6 nitrogen and oxygen atoms in total. The molecule has 152 valence electrons. The summed E-state index contributed by atoms with van der Waals surface area (Å²) < 4.78 is 54.5. The fourth-order valence-electron chi connectivity index (χ4n) is 2.83. The summed E-state index contributed by atoms with van der Waals surface area (Å²) >= 11 is 0. The van der Waals surface area contributed by atoms with Gasteiger partial charge in [-0.25, -0.2) is 13.4 Å². The summed E-state index contributed by atoms with van der Waals surface area (Å²) in [5.41, 5.74) is 2.06. The largest absolute Gasteiger partial charge is 0.436 e. The third-order valence-corrected chi connectivity index (χ3v) is 5.71. The molecule has 0 atom stereocenters. The average molecular weight is 428 g/mol. The quantitative estimate of drug-likeness (QED) is 0.496. The van der Waals surface area contributed by atoms with Gasteiger partial charge in [-0.05, 0) is 48.5 Å². The summed E-state index contributed by atoms with van der Waals surface area (Å²) in [6.07, 6.45) is 0. The van der Waals surface area contributed by atoms with Crippen molar-refractivity contribution in [2.75, 3.05) is 5.32 Å². The molecule has 0 spiro atoms. The molecule has 0 radical (unpaired) electrons. The van der Waals surface area contributed by atoms with Gasteiger partial charge in [-0.15, -0.1) is 0 Å². The van der Waals surface area contributed by atoms with Crippen LogP contribution in [0.5, 0.6) is 0 Å². The second-order valence-corrected chi connectivity index (χ2v) is 8.27. The molecule has 0 saturated carbocycles. The van der Waals surface area contributed by atoms with Crippen molar-refractivity contribution >= 4 is 32.5 Å². The maximum atomic E-state index is 12.7. The van der Waals surface area contributed by atoms with E-state index in [0.717, 1.165) is 17.7 Å². The van der Waals surface area contributed by atoms with Gasteiger partial charge >= 0.3 is 5.76 Å². The number of sulfone groups is 1. The van der Waals surface area contributed by atoms with Crippen LogP contribution < -0.4 is 5.32 Å². The van der Waals surface area contributed by atoms with Gasteiger partial charge in [0.2, 0.25) is 15.7 Å². The van der Waals surface area contributed by atoms with E-state index >= 15 is 0 Å². The molecule has 0 bridgehead atoms. The third-order valence-electron chi connectivity index (χ3n) is 4.33. The predicted octanol–water partition coefficient (Wildman–Crippen LogP) is 4.74. The average Bonchev–Trinajstić information content (AvgIpc) is 3.18. The monoisotopic (exact) mass is 428 g/mol. The lowest BCUT2D eigenvalue weighted by molar-refractivity contribution is 0.102. The van der Waals surface area contributed by atoms with Crippen molar-refractivity contribution in [2.24, 2.45) is 0 Å². The first-order valence-corrected chi connectivity index (χ1v) is 10.3. The fraction of sp³-hybridized carbons (Fsp3) is 0.0476. The first-order chi connectivity index (χ1) is 14.3. The highest BCUT2D eigenvalue weighted by Gasteiger charge is 2.26. The van der Waals surface area contributed by atoms with Crippen molar-refractivity contribution in [2.45, 2.75) is 10.7 Å². The van der Waals surface area contributed by atoms with Gasteiger partial charge in [0.15, 0.2) is 5.58 Å². The third kappa shape index (κ3) is 3.79. The van der Waals surface area contributed by atoms with Crippen LogP contribution in [0.25, 0.3) is 22.6 Å². The van der Waals surface area contributed by atoms with E-state index in [-0.39, 0.29) is 11.3 Å². The number of carbonyl (C=O) groups excluding carboxylic acids is 1. The van der Waals surface area contributed by atoms with Gasteiger partial charge in [0, 0.05) is 16.8 Å². The molecule has 4 aromatic rings. The van der Waals surface area contributed by atoms with Crippen LogP contribution in [0.3, 0.4) is 0 Å². The number of nitrogens with zero attached hydrogens (tertiary/aromatic N) is 1. The van der Waals surface area contributed by atoms with Crippen LogP contribution in [0.2, 0.25) is 0 Å². The van der Waals surface area contributed by atoms with Crippen LogP contribution in [-0.2, 0) is 9.84 Å². The minimum Gasteiger partial charge on any atom is -0.436 e. The van der Waals surface area contributed by atoms with Gasteiger partial charge in [0.25, 0.3) is 5.91 Å². The molecule has 9 heteroatoms. The van der Waals surface area contributed by atoms with Gasteiger partial charge < -0.3 is 9.73 Å². The molecule has 0 aliphatic rings. The van der Waals surface area contributed by atoms with Crippen LogP contribution in [0.15, 0.2) is 82.1 Å². The van der Waals surface area contributed by atoms with E-state index in [9.17, 15) is 22.0 Å². The van der Waals surface area contributed by atoms with Crippen LogP contribution in [0.4, 0.5) is 14.5 Å². The summed E-state index contributed by atoms with van der Waals surface area (Å²) in [7, 11) is -4.76. The molecule has 0 saturated heterocycles. The molecule has 0 aliphatic carbocycles. The smallest absolute Gasteiger partial charge is 0.341 e. The highest BCUT2D eigenvalue weighted by atomic mass is 32.2. The number of hydrogen-bond acceptors (Lipinski definition) is 5. The Kier molecular flexibility index (Phi) is 5.04. The minimum absolute atomic E-state index is 0.0735. The van der Waals surface area contributed by atoms with Crippen LogP contribution in [0, 0.1) is 0 Å². The van der Waals surface area contributed by atoms with E-state index in [4.69, 9.17) is 4.42 Å². The Morgan fingerprint density at radius 3 is 2.47 bits per heavy atom. The Labute approximate surface area is 170 Å². The van der Waals surface area contributed by atoms with E-state index in [1.54, 1.807) is 6.07 Å². The number of oxazole rings is 1. The van der Waals surface area contributed by atoms with Gasteiger partial charge in [0.05, 0.1) is 4.90 Å². The van der Waals surface area contributed by atoms with E-state index < -0.39 is 26.4 Å². The van der Waals surface area contributed by atoms with E-state index in [0.29, 0.717) is 17.0 Å². The predicted molar refractivity (Wildman–Crippen MR) is 107 cm³/mol. The zero-order valence-corrected chi connectivity index (χ0v) is 16.1. The molecule has 30 heavy (non-hydrogen) atoms. The molecule has 1 aromatic heterocycles. The Morgan fingerprint density at radius 2 is 1.73 bits per heavy atom. The molecule has 0 aliphatic heterocycles. The molecule has 0 unspecified atom stereocenters. The van der Waals surface area contributed by atoms with Crippen molar-refractivity contribution in [1.29, 1.82) is 0 Å². The van der Waals surface area contributed by atoms with Gasteiger partial charge in [-0.2, -0.15) is 8.78 Å². The van der Waals surface area contributed by atoms with Gasteiger partial charge in [0.1, 0.15) is 5.52 Å². The maximum absolute atomic E-state index is 12.7. The molecular formula is C21H14F2N2O4S. The summed E-state index contributed by atoms with van der Waals surface area (Å²) in [6.45, 7) is 0. The second kappa shape index (κ2) is 7.68. The molecule has 1 heterocycles. The van der Waals surface area contributed by atoms with Crippen molar-refractivity contribution < 1.29 is 26.4 Å². The number of nitrogens with one attached hydrogen (secondary N) is 1.